The van der Waals surface area contributed by atoms with Crippen LogP contribution in [0.2, 0.25) is 0 Å². The Morgan fingerprint density at radius 3 is 2.96 bits per heavy atom. The Morgan fingerprint density at radius 1 is 1.40 bits per heavy atom. The van der Waals surface area contributed by atoms with E-state index in [-0.39, 0.29) is 17.3 Å². The van der Waals surface area contributed by atoms with Gasteiger partial charge in [-0.2, -0.15) is 5.10 Å². The second-order valence-electron chi connectivity index (χ2n) is 6.41. The number of nitrogens with zero attached hydrogens (tertiary/aromatic N) is 2. The number of benzene rings is 1. The Labute approximate surface area is 146 Å². The number of anilines is 1. The van der Waals surface area contributed by atoms with Crippen molar-refractivity contribution in [1.82, 2.24) is 15.1 Å². The van der Waals surface area contributed by atoms with Crippen molar-refractivity contribution in [1.29, 1.82) is 0 Å². The average molecular weight is 346 g/mol. The lowest BCUT2D eigenvalue weighted by atomic mass is 9.96. The van der Waals surface area contributed by atoms with E-state index in [0.29, 0.717) is 19.0 Å². The zero-order valence-electron chi connectivity index (χ0n) is 14.3. The first kappa shape index (κ1) is 17.4. The van der Waals surface area contributed by atoms with Gasteiger partial charge in [0.15, 0.2) is 5.82 Å². The van der Waals surface area contributed by atoms with Crippen LogP contribution in [0.3, 0.4) is 0 Å². The predicted molar refractivity (Wildman–Crippen MR) is 93.1 cm³/mol. The van der Waals surface area contributed by atoms with Crippen molar-refractivity contribution < 1.29 is 13.9 Å². The molecule has 134 valence electrons. The summed E-state index contributed by atoms with van der Waals surface area (Å²) in [7, 11) is 1.66. The molecule has 1 heterocycles. The third-order valence-electron chi connectivity index (χ3n) is 4.50. The highest BCUT2D eigenvalue weighted by molar-refractivity contribution is 5.88. The lowest BCUT2D eigenvalue weighted by Crippen LogP contribution is -2.35. The van der Waals surface area contributed by atoms with Gasteiger partial charge in [0.1, 0.15) is 5.82 Å². The number of hydrogen-bond acceptors (Lipinski definition) is 3. The zero-order valence-corrected chi connectivity index (χ0v) is 14.3. The molecule has 1 aromatic carbocycles. The molecule has 7 heteroatoms. The monoisotopic (exact) mass is 346 g/mol. The van der Waals surface area contributed by atoms with Gasteiger partial charge in [0, 0.05) is 44.5 Å². The fourth-order valence-electron chi connectivity index (χ4n) is 2.87. The number of hydrogen-bond donors (Lipinski definition) is 2. The number of nitrogens with one attached hydrogen (secondary N) is 2. The van der Waals surface area contributed by atoms with Gasteiger partial charge < -0.3 is 10.1 Å². The topological polar surface area (TPSA) is 68.2 Å². The Kier molecular flexibility index (Phi) is 5.33. The first-order chi connectivity index (χ1) is 12.1. The highest BCUT2D eigenvalue weighted by Gasteiger charge is 2.44. The van der Waals surface area contributed by atoms with Gasteiger partial charge in [-0.05, 0) is 37.0 Å². The Bertz CT molecular complexity index is 727. The number of methoxy groups -OCH3 is 1. The number of ether oxygens (including phenoxy) is 1. The average Bonchev–Trinajstić information content (AvgIpc) is 3.27. The normalized spacial score (nSPS) is 15.0. The minimum absolute atomic E-state index is 0.140. The summed E-state index contributed by atoms with van der Waals surface area (Å²) in [4.78, 5) is 12.1. The van der Waals surface area contributed by atoms with Gasteiger partial charge in [-0.25, -0.2) is 9.18 Å². The summed E-state index contributed by atoms with van der Waals surface area (Å²) >= 11 is 0. The number of amides is 2. The molecule has 1 saturated carbocycles. The van der Waals surface area contributed by atoms with Crippen molar-refractivity contribution in [3.63, 3.8) is 0 Å². The number of rotatable bonds is 8. The van der Waals surface area contributed by atoms with Gasteiger partial charge in [-0.3, -0.25) is 10.00 Å². The molecular formula is C18H23FN4O2. The van der Waals surface area contributed by atoms with Crippen molar-refractivity contribution >= 4 is 11.8 Å². The van der Waals surface area contributed by atoms with Gasteiger partial charge in [-0.1, -0.05) is 12.1 Å². The molecule has 25 heavy (non-hydrogen) atoms. The predicted octanol–water partition coefficient (Wildman–Crippen LogP) is 2.91. The van der Waals surface area contributed by atoms with Crippen LogP contribution in [0.1, 0.15) is 24.8 Å². The molecule has 2 aromatic rings. The van der Waals surface area contributed by atoms with Gasteiger partial charge in [-0.15, -0.1) is 0 Å². The summed E-state index contributed by atoms with van der Waals surface area (Å²) < 4.78 is 20.2. The van der Waals surface area contributed by atoms with Crippen molar-refractivity contribution in [2.75, 3.05) is 25.6 Å². The molecule has 1 aliphatic rings. The van der Waals surface area contributed by atoms with Crippen molar-refractivity contribution in [3.8, 4) is 0 Å². The number of carbonyl (C=O) groups excluding carboxylic acids is 1. The molecule has 1 aliphatic carbocycles. The van der Waals surface area contributed by atoms with Gasteiger partial charge in [0.05, 0.1) is 0 Å². The van der Waals surface area contributed by atoms with E-state index in [1.807, 2.05) is 12.3 Å². The molecule has 0 bridgehead atoms. The maximum atomic E-state index is 13.4. The van der Waals surface area contributed by atoms with Crippen LogP contribution in [0.5, 0.6) is 0 Å². The van der Waals surface area contributed by atoms with Crippen LogP contribution in [0.25, 0.3) is 0 Å². The molecule has 0 unspecified atom stereocenters. The number of urea groups is 1. The van der Waals surface area contributed by atoms with Crippen LogP contribution in [0.4, 0.5) is 15.0 Å². The van der Waals surface area contributed by atoms with Gasteiger partial charge in [0.2, 0.25) is 0 Å². The fourth-order valence-corrected chi connectivity index (χ4v) is 2.87. The zero-order chi connectivity index (χ0) is 17.7. The number of carbonyl (C=O) groups is 1. The molecule has 3 rings (SSSR count). The van der Waals surface area contributed by atoms with Crippen molar-refractivity contribution in [2.45, 2.75) is 31.2 Å². The largest absolute Gasteiger partial charge is 0.385 e. The molecule has 0 saturated heterocycles. The summed E-state index contributed by atoms with van der Waals surface area (Å²) in [5, 5.41) is 9.89. The van der Waals surface area contributed by atoms with E-state index in [1.165, 1.54) is 6.07 Å². The third kappa shape index (κ3) is 4.57. The Balaban J connectivity index is 1.48. The molecule has 0 radical (unpaired) electrons. The van der Waals surface area contributed by atoms with E-state index in [0.717, 1.165) is 31.4 Å². The highest BCUT2D eigenvalue weighted by atomic mass is 19.1. The number of aromatic nitrogens is 2. The highest BCUT2D eigenvalue weighted by Crippen LogP contribution is 2.47. The molecule has 0 aliphatic heterocycles. The lowest BCUT2D eigenvalue weighted by Gasteiger charge is -2.16. The number of halogens is 1. The SMILES string of the molecule is COCCCn1ccc(NC(=O)NCC2(c3cccc(F)c3)CC2)n1. The molecule has 1 fully saturated rings. The second kappa shape index (κ2) is 7.65. The molecule has 1 aromatic heterocycles. The van der Waals surface area contributed by atoms with E-state index in [1.54, 1.807) is 30.0 Å². The standard InChI is InChI=1S/C18H23FN4O2/c1-25-11-3-9-23-10-6-16(22-23)21-17(24)20-13-18(7-8-18)14-4-2-5-15(19)12-14/h2,4-6,10,12H,3,7-9,11,13H2,1H3,(H2,20,21,22,24). The maximum absolute atomic E-state index is 13.4. The van der Waals surface area contributed by atoms with Crippen molar-refractivity contribution in [3.05, 3.63) is 47.9 Å². The quantitative estimate of drug-likeness (QED) is 0.722. The minimum Gasteiger partial charge on any atom is -0.385 e. The van der Waals surface area contributed by atoms with E-state index in [2.05, 4.69) is 15.7 Å². The number of aryl methyl sites for hydroxylation is 1. The van der Waals surface area contributed by atoms with Crippen LogP contribution in [0, 0.1) is 5.82 Å². The third-order valence-corrected chi connectivity index (χ3v) is 4.50. The summed E-state index contributed by atoms with van der Waals surface area (Å²) in [6.07, 6.45) is 4.58. The lowest BCUT2D eigenvalue weighted by molar-refractivity contribution is 0.189. The first-order valence-electron chi connectivity index (χ1n) is 8.45. The minimum atomic E-state index is -0.301. The smallest absolute Gasteiger partial charge is 0.320 e. The Morgan fingerprint density at radius 2 is 2.24 bits per heavy atom. The van der Waals surface area contributed by atoms with Gasteiger partial charge in [0.25, 0.3) is 0 Å². The molecule has 2 amide bonds. The van der Waals surface area contributed by atoms with Crippen LogP contribution < -0.4 is 10.6 Å². The van der Waals surface area contributed by atoms with Crippen LogP contribution in [-0.4, -0.2) is 36.1 Å². The molecule has 2 N–H and O–H groups in total. The second-order valence-corrected chi connectivity index (χ2v) is 6.41. The van der Waals surface area contributed by atoms with Crippen LogP contribution in [0.15, 0.2) is 36.5 Å². The molecular weight excluding hydrogens is 323 g/mol. The van der Waals surface area contributed by atoms with E-state index in [4.69, 9.17) is 4.74 Å². The molecule has 6 nitrogen and oxygen atoms in total. The molecule has 0 spiro atoms. The Hall–Kier alpha value is -2.41. The van der Waals surface area contributed by atoms with Crippen LogP contribution in [-0.2, 0) is 16.7 Å². The summed E-state index contributed by atoms with van der Waals surface area (Å²) in [5.74, 6) is 0.262. The van der Waals surface area contributed by atoms with Crippen LogP contribution >= 0.6 is 0 Å². The van der Waals surface area contributed by atoms with Crippen molar-refractivity contribution in [2.24, 2.45) is 0 Å². The summed E-state index contributed by atoms with van der Waals surface area (Å²) in [6, 6.07) is 8.06. The van der Waals surface area contributed by atoms with E-state index >= 15 is 0 Å². The molecule has 0 atom stereocenters. The van der Waals surface area contributed by atoms with Gasteiger partial charge >= 0.3 is 6.03 Å². The first-order valence-corrected chi connectivity index (χ1v) is 8.45. The fraction of sp³-hybridized carbons (Fsp3) is 0.444. The van der Waals surface area contributed by atoms with E-state index < -0.39 is 0 Å². The van der Waals surface area contributed by atoms with E-state index in [9.17, 15) is 9.18 Å². The summed E-state index contributed by atoms with van der Waals surface area (Å²) in [5.41, 5.74) is 0.800. The summed E-state index contributed by atoms with van der Waals surface area (Å²) in [6.45, 7) is 1.89. The maximum Gasteiger partial charge on any atom is 0.320 e.